The van der Waals surface area contributed by atoms with Gasteiger partial charge in [0.05, 0.1) is 55.2 Å². The number of thiazole rings is 1. The van der Waals surface area contributed by atoms with Gasteiger partial charge in [0.15, 0.2) is 5.13 Å². The summed E-state index contributed by atoms with van der Waals surface area (Å²) in [6, 6.07) is 9.03. The summed E-state index contributed by atoms with van der Waals surface area (Å²) in [5.74, 6) is 0.362. The van der Waals surface area contributed by atoms with Gasteiger partial charge in [-0.2, -0.15) is 5.10 Å². The Balaban J connectivity index is 1.24. The van der Waals surface area contributed by atoms with Crippen molar-refractivity contribution >= 4 is 39.2 Å². The van der Waals surface area contributed by atoms with E-state index in [0.717, 1.165) is 32.7 Å². The minimum Gasteiger partial charge on any atom is -0.496 e. The molecule has 0 spiro atoms. The summed E-state index contributed by atoms with van der Waals surface area (Å²) in [6.07, 6.45) is 4.86. The Bertz CT molecular complexity index is 1720. The van der Waals surface area contributed by atoms with Crippen LogP contribution in [0.3, 0.4) is 0 Å². The number of rotatable bonds is 6. The van der Waals surface area contributed by atoms with Gasteiger partial charge in [0, 0.05) is 40.7 Å². The summed E-state index contributed by atoms with van der Waals surface area (Å²) in [4.78, 5) is 42.2. The van der Waals surface area contributed by atoms with Gasteiger partial charge in [0.1, 0.15) is 11.3 Å². The number of hydrogen-bond acceptors (Lipinski definition) is 9. The molecule has 196 valence electrons. The Morgan fingerprint density at radius 2 is 1.92 bits per heavy atom. The smallest absolute Gasteiger partial charge is 0.260 e. The number of aromatic amines is 1. The first-order chi connectivity index (χ1) is 18.9. The summed E-state index contributed by atoms with van der Waals surface area (Å²) in [5, 5.41) is 11.3. The van der Waals surface area contributed by atoms with E-state index in [2.05, 4.69) is 30.5 Å². The van der Waals surface area contributed by atoms with Gasteiger partial charge in [-0.3, -0.25) is 25.0 Å². The highest BCUT2D eigenvalue weighted by atomic mass is 32.1. The lowest BCUT2D eigenvalue weighted by molar-refractivity contribution is 0.0746. The predicted molar refractivity (Wildman–Crippen MR) is 145 cm³/mol. The first kappa shape index (κ1) is 24.5. The molecule has 5 heterocycles. The van der Waals surface area contributed by atoms with Crippen LogP contribution in [0.1, 0.15) is 37.0 Å². The Labute approximate surface area is 226 Å². The molecule has 1 aromatic carbocycles. The van der Waals surface area contributed by atoms with E-state index >= 15 is 0 Å². The largest absolute Gasteiger partial charge is 0.496 e. The molecule has 0 fully saturated rings. The van der Waals surface area contributed by atoms with Crippen molar-refractivity contribution in [3.63, 3.8) is 0 Å². The second kappa shape index (κ2) is 9.80. The number of benzene rings is 1. The van der Waals surface area contributed by atoms with Gasteiger partial charge < -0.3 is 14.4 Å². The van der Waals surface area contributed by atoms with Crippen LogP contribution in [0, 0.1) is 6.92 Å². The fourth-order valence-corrected chi connectivity index (χ4v) is 5.58. The predicted octanol–water partition coefficient (Wildman–Crippen LogP) is 4.21. The van der Waals surface area contributed by atoms with Crippen molar-refractivity contribution in [1.29, 1.82) is 0 Å². The quantitative estimate of drug-likeness (QED) is 0.326. The number of H-pyrrole nitrogens is 1. The molecule has 12 heteroatoms. The zero-order valence-electron chi connectivity index (χ0n) is 21.3. The molecule has 6 rings (SSSR count). The second-order valence-corrected chi connectivity index (χ2v) is 10.0. The number of nitrogens with zero attached hydrogens (tertiary/aromatic N) is 5. The van der Waals surface area contributed by atoms with E-state index in [1.54, 1.807) is 42.7 Å². The topological polar surface area (TPSA) is 135 Å². The molecule has 2 N–H and O–H groups in total. The van der Waals surface area contributed by atoms with Crippen LogP contribution in [0.5, 0.6) is 11.6 Å². The van der Waals surface area contributed by atoms with Gasteiger partial charge in [-0.25, -0.2) is 9.97 Å². The number of pyridine rings is 2. The zero-order valence-corrected chi connectivity index (χ0v) is 22.1. The first-order valence-electron chi connectivity index (χ1n) is 12.0. The van der Waals surface area contributed by atoms with E-state index in [9.17, 15) is 9.59 Å². The molecule has 0 bridgehead atoms. The van der Waals surface area contributed by atoms with Crippen LogP contribution >= 0.6 is 11.3 Å². The highest BCUT2D eigenvalue weighted by molar-refractivity contribution is 7.16. The zero-order chi connectivity index (χ0) is 27.1. The third kappa shape index (κ3) is 4.44. The molecular weight excluding hydrogens is 518 g/mol. The molecular formula is C27H23N7O4S. The van der Waals surface area contributed by atoms with Gasteiger partial charge in [0.25, 0.3) is 11.8 Å². The lowest BCUT2D eigenvalue weighted by Gasteiger charge is -2.16. The molecule has 2 amide bonds. The van der Waals surface area contributed by atoms with Crippen LogP contribution in [-0.4, -0.2) is 56.1 Å². The minimum absolute atomic E-state index is 0.186. The number of ether oxygens (including phenoxy) is 2. The highest BCUT2D eigenvalue weighted by Gasteiger charge is 2.30. The molecule has 0 unspecified atom stereocenters. The standard InChI is InChI=1S/C27H23N7O4S/c1-14-7-17(18-8-15-10-30-33-20(15)9-22(18)37-2)19(11-29-14)24(35)32-27-31-21-12-34(13-23(21)39-27)26(36)16-5-4-6-28-25(16)38-3/h4-11H,12-13H2,1-3H3,(H,30,33)(H,31,32,35). The number of anilines is 1. The first-order valence-corrected chi connectivity index (χ1v) is 12.8. The highest BCUT2D eigenvalue weighted by Crippen LogP contribution is 2.37. The van der Waals surface area contributed by atoms with Gasteiger partial charge in [-0.05, 0) is 31.2 Å². The van der Waals surface area contributed by atoms with Crippen LogP contribution in [0.4, 0.5) is 5.13 Å². The van der Waals surface area contributed by atoms with E-state index in [1.165, 1.54) is 18.4 Å². The molecule has 0 aliphatic carbocycles. The van der Waals surface area contributed by atoms with Crippen LogP contribution in [0.15, 0.2) is 48.9 Å². The van der Waals surface area contributed by atoms with Crippen molar-refractivity contribution in [1.82, 2.24) is 30.0 Å². The third-order valence-corrected chi connectivity index (χ3v) is 7.49. The van der Waals surface area contributed by atoms with E-state index < -0.39 is 0 Å². The van der Waals surface area contributed by atoms with Crippen molar-refractivity contribution in [2.75, 3.05) is 19.5 Å². The molecule has 1 aliphatic rings. The number of fused-ring (bicyclic) bond motifs is 2. The van der Waals surface area contributed by atoms with Crippen LogP contribution < -0.4 is 14.8 Å². The van der Waals surface area contributed by atoms with Crippen molar-refractivity contribution in [3.8, 4) is 22.8 Å². The molecule has 11 nitrogen and oxygen atoms in total. The summed E-state index contributed by atoms with van der Waals surface area (Å²) >= 11 is 1.35. The minimum atomic E-state index is -0.340. The van der Waals surface area contributed by atoms with Crippen LogP contribution in [-0.2, 0) is 13.1 Å². The van der Waals surface area contributed by atoms with Crippen molar-refractivity contribution < 1.29 is 19.1 Å². The number of aromatic nitrogens is 5. The number of aryl methyl sites for hydroxylation is 1. The molecule has 0 radical (unpaired) electrons. The molecule has 0 saturated carbocycles. The van der Waals surface area contributed by atoms with Gasteiger partial charge >= 0.3 is 0 Å². The molecule has 5 aromatic rings. The van der Waals surface area contributed by atoms with Gasteiger partial charge in [0.2, 0.25) is 5.88 Å². The van der Waals surface area contributed by atoms with Gasteiger partial charge in [-0.1, -0.05) is 11.3 Å². The molecule has 0 atom stereocenters. The van der Waals surface area contributed by atoms with Crippen molar-refractivity contribution in [2.45, 2.75) is 20.0 Å². The number of methoxy groups -OCH3 is 2. The normalized spacial score (nSPS) is 12.4. The van der Waals surface area contributed by atoms with E-state index in [4.69, 9.17) is 9.47 Å². The van der Waals surface area contributed by atoms with E-state index in [-0.39, 0.29) is 17.7 Å². The van der Waals surface area contributed by atoms with Crippen molar-refractivity contribution in [2.24, 2.45) is 0 Å². The summed E-state index contributed by atoms with van der Waals surface area (Å²) in [7, 11) is 3.07. The summed E-state index contributed by atoms with van der Waals surface area (Å²) in [6.45, 7) is 2.59. The van der Waals surface area contributed by atoms with E-state index in [0.29, 0.717) is 40.7 Å². The summed E-state index contributed by atoms with van der Waals surface area (Å²) in [5.41, 5.74) is 4.57. The Morgan fingerprint density at radius 3 is 2.72 bits per heavy atom. The Morgan fingerprint density at radius 1 is 1.05 bits per heavy atom. The van der Waals surface area contributed by atoms with Gasteiger partial charge in [-0.15, -0.1) is 0 Å². The summed E-state index contributed by atoms with van der Waals surface area (Å²) < 4.78 is 10.9. The van der Waals surface area contributed by atoms with Crippen LogP contribution in [0.2, 0.25) is 0 Å². The molecule has 4 aromatic heterocycles. The van der Waals surface area contributed by atoms with E-state index in [1.807, 2.05) is 25.1 Å². The second-order valence-electron chi connectivity index (χ2n) is 8.95. The maximum Gasteiger partial charge on any atom is 0.260 e. The lowest BCUT2D eigenvalue weighted by atomic mass is 9.98. The fraction of sp³-hybridized carbons (Fsp3) is 0.185. The molecule has 39 heavy (non-hydrogen) atoms. The number of carbonyl (C=O) groups excluding carboxylic acids is 2. The SMILES string of the molecule is COc1cc2[nH]ncc2cc1-c1cc(C)ncc1C(=O)Nc1nc2c(s1)CN(C(=O)c1cccnc1OC)C2. The fourth-order valence-electron chi connectivity index (χ4n) is 4.60. The Kier molecular flexibility index (Phi) is 6.15. The molecule has 1 aliphatic heterocycles. The number of amides is 2. The van der Waals surface area contributed by atoms with Crippen LogP contribution in [0.25, 0.3) is 22.0 Å². The maximum atomic E-state index is 13.5. The Hall–Kier alpha value is -4.84. The number of carbonyl (C=O) groups is 2. The average molecular weight is 542 g/mol. The maximum absolute atomic E-state index is 13.5. The molecule has 0 saturated heterocycles. The number of nitrogens with one attached hydrogen (secondary N) is 2. The average Bonchev–Trinajstić information content (AvgIpc) is 3.66. The number of hydrogen-bond donors (Lipinski definition) is 2. The monoisotopic (exact) mass is 541 g/mol. The lowest BCUT2D eigenvalue weighted by Crippen LogP contribution is -2.26. The van der Waals surface area contributed by atoms with Crippen molar-refractivity contribution in [3.05, 3.63) is 76.3 Å². The third-order valence-electron chi connectivity index (χ3n) is 6.49.